The van der Waals surface area contributed by atoms with E-state index in [1.165, 1.54) is 10.6 Å². The Balaban J connectivity index is 0.00000109. The van der Waals surface area contributed by atoms with Crippen LogP contribution in [0.1, 0.15) is 128 Å². The van der Waals surface area contributed by atoms with E-state index in [1.807, 2.05) is 39.5 Å². The first-order chi connectivity index (χ1) is 23.9. The number of hydrogen-bond acceptors (Lipinski definition) is 8. The summed E-state index contributed by atoms with van der Waals surface area (Å²) in [6.45, 7) is 27.3. The highest BCUT2D eigenvalue weighted by atomic mass is 32.2. The molecular formula is C38H70N6O5S2. The van der Waals surface area contributed by atoms with E-state index in [0.29, 0.717) is 25.3 Å². The minimum atomic E-state index is -0.983. The molecule has 4 atom stereocenters. The molecule has 2 fully saturated rings. The molecule has 0 bridgehead atoms. The number of hydrogen-bond donors (Lipinski definition) is 4. The maximum absolute atomic E-state index is 13.3. The zero-order valence-corrected chi connectivity index (χ0v) is 35.2. The highest BCUT2D eigenvalue weighted by Gasteiger charge is 2.39. The average Bonchev–Trinajstić information content (AvgIpc) is 3.71. The number of amides is 5. The molecule has 4 unspecified atom stereocenters. The van der Waals surface area contributed by atoms with Crippen molar-refractivity contribution in [2.45, 2.75) is 156 Å². The number of rotatable bonds is 14. The number of nitrogens with two attached hydrogens (primary N) is 1. The van der Waals surface area contributed by atoms with Crippen molar-refractivity contribution in [2.75, 3.05) is 19.6 Å². The second-order valence-corrected chi connectivity index (χ2v) is 17.5. The molecule has 0 aromatic carbocycles. The van der Waals surface area contributed by atoms with Crippen LogP contribution in [0, 0.1) is 16.7 Å². The Morgan fingerprint density at radius 3 is 2.02 bits per heavy atom. The number of nitrogens with zero attached hydrogens (tertiary/aromatic N) is 2. The topological polar surface area (TPSA) is 154 Å². The van der Waals surface area contributed by atoms with Crippen LogP contribution in [0.15, 0.2) is 21.7 Å². The van der Waals surface area contributed by atoms with Crippen LogP contribution >= 0.6 is 23.3 Å². The largest absolute Gasteiger partial charge is 0.363 e. The third-order valence-corrected chi connectivity index (χ3v) is 10.8. The zero-order chi connectivity index (χ0) is 39.4. The second kappa shape index (κ2) is 24.6. The maximum Gasteiger partial charge on any atom is 0.315 e. The van der Waals surface area contributed by atoms with Gasteiger partial charge in [-0.2, -0.15) is 0 Å². The van der Waals surface area contributed by atoms with Crippen molar-refractivity contribution < 1.29 is 24.0 Å². The summed E-state index contributed by atoms with van der Waals surface area (Å²) >= 11 is 3.45. The molecular weight excluding hydrogens is 685 g/mol. The van der Waals surface area contributed by atoms with Gasteiger partial charge in [-0.25, -0.2) is 9.10 Å². The van der Waals surface area contributed by atoms with Gasteiger partial charge in [0.05, 0.1) is 10.3 Å². The molecule has 11 nitrogen and oxygen atoms in total. The molecule has 1 aromatic rings. The highest BCUT2D eigenvalue weighted by Crippen LogP contribution is 2.31. The van der Waals surface area contributed by atoms with E-state index in [9.17, 15) is 24.0 Å². The summed E-state index contributed by atoms with van der Waals surface area (Å²) < 4.78 is 3.52. The van der Waals surface area contributed by atoms with Crippen LogP contribution in [0.5, 0.6) is 0 Å². The van der Waals surface area contributed by atoms with E-state index in [-0.39, 0.29) is 34.9 Å². The molecule has 1 aromatic heterocycles. The lowest BCUT2D eigenvalue weighted by molar-refractivity contribution is -0.138. The van der Waals surface area contributed by atoms with Gasteiger partial charge in [-0.15, -0.1) is 11.3 Å². The quantitative estimate of drug-likeness (QED) is 0.0906. The molecule has 5 N–H and O–H groups in total. The monoisotopic (exact) mass is 754 g/mol. The number of ketones is 1. The molecule has 1 saturated heterocycles. The Morgan fingerprint density at radius 2 is 1.63 bits per heavy atom. The van der Waals surface area contributed by atoms with Crippen LogP contribution in [0.3, 0.4) is 0 Å². The molecule has 2 heterocycles. The van der Waals surface area contributed by atoms with Crippen molar-refractivity contribution in [3.63, 3.8) is 0 Å². The van der Waals surface area contributed by atoms with Gasteiger partial charge in [0, 0.05) is 31.7 Å². The van der Waals surface area contributed by atoms with E-state index in [4.69, 9.17) is 5.73 Å². The molecule has 0 spiro atoms. The van der Waals surface area contributed by atoms with Gasteiger partial charge < -0.3 is 26.6 Å². The molecule has 1 aliphatic carbocycles. The Kier molecular flexibility index (Phi) is 23.3. The number of likely N-dealkylation sites (tertiary alicyclic amines) is 1. The number of nitrogens with one attached hydrogen (secondary N) is 3. The Morgan fingerprint density at radius 1 is 1.02 bits per heavy atom. The molecule has 294 valence electrons. The van der Waals surface area contributed by atoms with Crippen LogP contribution in [-0.4, -0.2) is 83.0 Å². The van der Waals surface area contributed by atoms with E-state index in [2.05, 4.69) is 86.2 Å². The Hall–Kier alpha value is -2.64. The smallest absolute Gasteiger partial charge is 0.315 e. The fourth-order valence-electron chi connectivity index (χ4n) is 5.39. The Bertz CT molecular complexity index is 1160. The standard InChI is InChI=1S/C24H42N4O2S2.C9H14N2O3.C3H8.C2H6/c1-9-27(32-19-13-11-15-31-19)16-18(23(3,4)5)25-22(30)26-20(24(6,7)8)21(29)28-14-10-12-17(28)2;10-9(14)8(13)7(11-5-12)4-6-2-1-3-6;1-3-2;1-2/h11,13,15,17-18,20H,9-10,12,14,16H2,1-8H3,(H2,25,26,30);5-7H,1-4H2,(H2,10,14)(H,11,12);3H2,1-2H3;1-2H3. The summed E-state index contributed by atoms with van der Waals surface area (Å²) in [5, 5.41) is 10.6. The third kappa shape index (κ3) is 18.1. The number of urea groups is 1. The molecule has 1 aliphatic heterocycles. The van der Waals surface area contributed by atoms with E-state index in [0.717, 1.165) is 45.2 Å². The number of likely N-dealkylation sites (N-methyl/N-ethyl adjacent to an activating group) is 1. The number of primary amides is 1. The van der Waals surface area contributed by atoms with Gasteiger partial charge in [-0.1, -0.05) is 108 Å². The summed E-state index contributed by atoms with van der Waals surface area (Å²) in [5.41, 5.74) is 4.35. The van der Waals surface area contributed by atoms with Gasteiger partial charge in [-0.3, -0.25) is 19.2 Å². The summed E-state index contributed by atoms with van der Waals surface area (Å²) in [4.78, 5) is 60.4. The molecule has 2 aliphatic rings. The van der Waals surface area contributed by atoms with Crippen molar-refractivity contribution in [3.8, 4) is 0 Å². The number of carbonyl (C=O) groups excluding carboxylic acids is 5. The Labute approximate surface area is 317 Å². The predicted octanol–water partition coefficient (Wildman–Crippen LogP) is 7.00. The molecule has 0 radical (unpaired) electrons. The van der Waals surface area contributed by atoms with Gasteiger partial charge >= 0.3 is 6.03 Å². The van der Waals surface area contributed by atoms with Gasteiger partial charge in [0.15, 0.2) is 0 Å². The van der Waals surface area contributed by atoms with Crippen molar-refractivity contribution in [2.24, 2.45) is 22.5 Å². The van der Waals surface area contributed by atoms with Gasteiger partial charge in [0.2, 0.25) is 18.1 Å². The number of carbonyl (C=O) groups is 5. The van der Waals surface area contributed by atoms with Crippen LogP contribution in [-0.2, 0) is 19.2 Å². The minimum Gasteiger partial charge on any atom is -0.363 e. The third-order valence-electron chi connectivity index (χ3n) is 8.65. The van der Waals surface area contributed by atoms with Crippen molar-refractivity contribution >= 4 is 53.3 Å². The molecule has 13 heteroatoms. The first-order valence-electron chi connectivity index (χ1n) is 18.8. The number of Topliss-reactive ketones (excluding diaryl/α,β-unsaturated/α-hetero) is 1. The van der Waals surface area contributed by atoms with Crippen LogP contribution in [0.25, 0.3) is 0 Å². The fourth-order valence-corrected chi connectivity index (χ4v) is 7.24. The lowest BCUT2D eigenvalue weighted by Crippen LogP contribution is -2.60. The van der Waals surface area contributed by atoms with E-state index >= 15 is 0 Å². The summed E-state index contributed by atoms with van der Waals surface area (Å²) in [5.74, 6) is -1.23. The summed E-state index contributed by atoms with van der Waals surface area (Å²) in [6, 6.07) is 2.76. The predicted molar refractivity (Wildman–Crippen MR) is 212 cm³/mol. The van der Waals surface area contributed by atoms with Crippen molar-refractivity contribution in [1.82, 2.24) is 25.2 Å². The molecule has 3 rings (SSSR count). The lowest BCUT2D eigenvalue weighted by atomic mass is 9.80. The zero-order valence-electron chi connectivity index (χ0n) is 33.6. The molecule has 1 saturated carbocycles. The molecule has 51 heavy (non-hydrogen) atoms. The van der Waals surface area contributed by atoms with Crippen molar-refractivity contribution in [1.29, 1.82) is 0 Å². The first kappa shape index (κ1) is 48.4. The fraction of sp³-hybridized carbons (Fsp3) is 0.763. The average molecular weight is 755 g/mol. The second-order valence-electron chi connectivity index (χ2n) is 15.2. The normalized spacial score (nSPS) is 17.4. The summed E-state index contributed by atoms with van der Waals surface area (Å²) in [6.07, 6.45) is 7.53. The van der Waals surface area contributed by atoms with Crippen LogP contribution in [0.2, 0.25) is 0 Å². The van der Waals surface area contributed by atoms with Crippen LogP contribution in [0.4, 0.5) is 4.79 Å². The minimum absolute atomic E-state index is 0.0217. The number of thiophene rings is 1. The maximum atomic E-state index is 13.3. The van der Waals surface area contributed by atoms with Crippen molar-refractivity contribution in [3.05, 3.63) is 17.5 Å². The highest BCUT2D eigenvalue weighted by molar-refractivity contribution is 7.98. The first-order valence-corrected chi connectivity index (χ1v) is 20.4. The van der Waals surface area contributed by atoms with Gasteiger partial charge in [0.25, 0.3) is 5.91 Å². The summed E-state index contributed by atoms with van der Waals surface area (Å²) in [7, 11) is 0. The van der Waals surface area contributed by atoms with E-state index < -0.39 is 23.8 Å². The SMILES string of the molecule is CC.CCC.CCN(CC(NC(=O)NC(C(=O)N1CCCC1C)C(C)(C)C)C(C)(C)C)Sc1cccs1.NC(=O)C(=O)C(CC1CCC1)NC=O. The van der Waals surface area contributed by atoms with E-state index in [1.54, 1.807) is 23.3 Å². The van der Waals surface area contributed by atoms with Gasteiger partial charge in [0.1, 0.15) is 6.04 Å². The lowest BCUT2D eigenvalue weighted by Gasteiger charge is -2.38. The van der Waals surface area contributed by atoms with Crippen LogP contribution < -0.4 is 21.7 Å². The van der Waals surface area contributed by atoms with Gasteiger partial charge in [-0.05, 0) is 66.3 Å². The molecule has 5 amide bonds.